The molecule has 1 aliphatic heterocycles. The second kappa shape index (κ2) is 5.84. The normalized spacial score (nSPS) is 20.8. The van der Waals surface area contributed by atoms with E-state index < -0.39 is 0 Å². The van der Waals surface area contributed by atoms with Gasteiger partial charge in [0, 0.05) is 20.1 Å². The second-order valence-electron chi connectivity index (χ2n) is 4.33. The highest BCUT2D eigenvalue weighted by Crippen LogP contribution is 2.16. The van der Waals surface area contributed by atoms with Crippen molar-refractivity contribution < 1.29 is 14.3 Å². The Bertz CT molecular complexity index is 268. The van der Waals surface area contributed by atoms with Crippen molar-refractivity contribution in [1.82, 2.24) is 9.80 Å². The van der Waals surface area contributed by atoms with Crippen molar-refractivity contribution in [1.29, 1.82) is 0 Å². The first-order valence-electron chi connectivity index (χ1n) is 5.55. The molecule has 0 aromatic rings. The Morgan fingerprint density at radius 3 is 2.69 bits per heavy atom. The molecule has 0 saturated carbocycles. The van der Waals surface area contributed by atoms with Gasteiger partial charge in [0.25, 0.3) is 0 Å². The molecule has 0 aromatic carbocycles. The summed E-state index contributed by atoms with van der Waals surface area (Å²) in [7, 11) is 5.11. The van der Waals surface area contributed by atoms with E-state index in [9.17, 15) is 9.59 Å². The number of nitrogens with zero attached hydrogens (tertiary/aromatic N) is 2. The van der Waals surface area contributed by atoms with Crippen LogP contribution in [-0.4, -0.2) is 62.5 Å². The zero-order valence-electron chi connectivity index (χ0n) is 10.2. The zero-order chi connectivity index (χ0) is 12.1. The van der Waals surface area contributed by atoms with Crippen LogP contribution in [0.1, 0.15) is 12.8 Å². The van der Waals surface area contributed by atoms with E-state index in [1.165, 1.54) is 7.11 Å². The maximum absolute atomic E-state index is 11.9. The van der Waals surface area contributed by atoms with Gasteiger partial charge in [0.05, 0.1) is 19.4 Å². The van der Waals surface area contributed by atoms with Gasteiger partial charge in [0.2, 0.25) is 5.91 Å². The summed E-state index contributed by atoms with van der Waals surface area (Å²) in [6.07, 6.45) is 1.18. The Morgan fingerprint density at radius 1 is 1.50 bits per heavy atom. The highest BCUT2D eigenvalue weighted by molar-refractivity contribution is 5.79. The van der Waals surface area contributed by atoms with Gasteiger partial charge in [-0.05, 0) is 20.0 Å². The van der Waals surface area contributed by atoms with E-state index in [0.717, 1.165) is 19.5 Å². The molecule has 1 fully saturated rings. The molecular weight excluding hydrogens is 208 g/mol. The van der Waals surface area contributed by atoms with Gasteiger partial charge in [-0.3, -0.25) is 9.59 Å². The predicted molar refractivity (Wildman–Crippen MR) is 59.9 cm³/mol. The van der Waals surface area contributed by atoms with Gasteiger partial charge in [-0.25, -0.2) is 0 Å². The maximum atomic E-state index is 11.9. The molecule has 1 heterocycles. The standard InChI is InChI=1S/C11H20N2O3/c1-12-6-4-9(8-12)11(15)13(2)7-5-10(14)16-3/h9H,4-8H2,1-3H3. The Labute approximate surface area is 96.3 Å². The molecule has 0 bridgehead atoms. The average molecular weight is 228 g/mol. The van der Waals surface area contributed by atoms with Gasteiger partial charge in [-0.1, -0.05) is 0 Å². The molecule has 1 saturated heterocycles. The van der Waals surface area contributed by atoms with Gasteiger partial charge in [-0.2, -0.15) is 0 Å². The summed E-state index contributed by atoms with van der Waals surface area (Å²) in [4.78, 5) is 26.7. The van der Waals surface area contributed by atoms with E-state index in [-0.39, 0.29) is 24.2 Å². The number of rotatable bonds is 4. The topological polar surface area (TPSA) is 49.9 Å². The lowest BCUT2D eigenvalue weighted by atomic mass is 10.1. The predicted octanol–water partition coefficient (Wildman–Crippen LogP) is -0.0404. The molecule has 1 aliphatic rings. The monoisotopic (exact) mass is 228 g/mol. The Balaban J connectivity index is 2.33. The molecule has 1 amide bonds. The summed E-state index contributed by atoms with van der Waals surface area (Å²) in [5.74, 6) is -0.0518. The fourth-order valence-corrected chi connectivity index (χ4v) is 1.92. The van der Waals surface area contributed by atoms with E-state index in [2.05, 4.69) is 9.64 Å². The summed E-state index contributed by atoms with van der Waals surface area (Å²) in [6, 6.07) is 0. The van der Waals surface area contributed by atoms with Crippen LogP contribution in [0, 0.1) is 5.92 Å². The second-order valence-corrected chi connectivity index (χ2v) is 4.33. The van der Waals surface area contributed by atoms with Crippen LogP contribution >= 0.6 is 0 Å². The van der Waals surface area contributed by atoms with Gasteiger partial charge >= 0.3 is 5.97 Å². The minimum absolute atomic E-state index is 0.0904. The van der Waals surface area contributed by atoms with Crippen LogP contribution in [-0.2, 0) is 14.3 Å². The first-order chi connectivity index (χ1) is 7.54. The Kier molecular flexibility index (Phi) is 4.73. The van der Waals surface area contributed by atoms with Crippen molar-refractivity contribution in [3.63, 3.8) is 0 Å². The molecule has 5 nitrogen and oxygen atoms in total. The Morgan fingerprint density at radius 2 is 2.19 bits per heavy atom. The lowest BCUT2D eigenvalue weighted by molar-refractivity contribution is -0.142. The molecular formula is C11H20N2O3. The first-order valence-corrected chi connectivity index (χ1v) is 5.55. The van der Waals surface area contributed by atoms with Crippen molar-refractivity contribution in [2.75, 3.05) is 40.8 Å². The highest BCUT2D eigenvalue weighted by Gasteiger charge is 2.28. The zero-order valence-corrected chi connectivity index (χ0v) is 10.2. The molecule has 1 rings (SSSR count). The molecule has 0 spiro atoms. The fourth-order valence-electron chi connectivity index (χ4n) is 1.92. The summed E-state index contributed by atoms with van der Waals surface area (Å²) in [5.41, 5.74) is 0. The third-order valence-corrected chi connectivity index (χ3v) is 3.00. The third kappa shape index (κ3) is 3.48. The van der Waals surface area contributed by atoms with Crippen LogP contribution in [0.5, 0.6) is 0 Å². The van der Waals surface area contributed by atoms with E-state index in [1.807, 2.05) is 7.05 Å². The van der Waals surface area contributed by atoms with E-state index in [4.69, 9.17) is 0 Å². The highest BCUT2D eigenvalue weighted by atomic mass is 16.5. The molecule has 0 aliphatic carbocycles. The van der Waals surface area contributed by atoms with Gasteiger partial charge in [0.15, 0.2) is 0 Å². The maximum Gasteiger partial charge on any atom is 0.307 e. The number of amides is 1. The molecule has 1 atom stereocenters. The summed E-state index contributed by atoms with van der Waals surface area (Å²) in [5, 5.41) is 0. The van der Waals surface area contributed by atoms with Gasteiger partial charge in [-0.15, -0.1) is 0 Å². The fraction of sp³-hybridized carbons (Fsp3) is 0.818. The lowest BCUT2D eigenvalue weighted by Gasteiger charge is -2.20. The van der Waals surface area contributed by atoms with Crippen molar-refractivity contribution >= 4 is 11.9 Å². The number of ether oxygens (including phenoxy) is 1. The number of hydrogen-bond acceptors (Lipinski definition) is 4. The minimum atomic E-state index is -0.275. The summed E-state index contributed by atoms with van der Waals surface area (Å²) in [6.45, 7) is 2.23. The molecule has 1 unspecified atom stereocenters. The molecule has 5 heteroatoms. The number of methoxy groups -OCH3 is 1. The van der Waals surface area contributed by atoms with E-state index >= 15 is 0 Å². The molecule has 0 aromatic heterocycles. The van der Waals surface area contributed by atoms with Crippen LogP contribution in [0.3, 0.4) is 0 Å². The smallest absolute Gasteiger partial charge is 0.307 e. The number of hydrogen-bond donors (Lipinski definition) is 0. The molecule has 92 valence electrons. The first kappa shape index (κ1) is 13.0. The van der Waals surface area contributed by atoms with Crippen LogP contribution in [0.4, 0.5) is 0 Å². The average Bonchev–Trinajstić information content (AvgIpc) is 2.71. The number of esters is 1. The van der Waals surface area contributed by atoms with E-state index in [1.54, 1.807) is 11.9 Å². The van der Waals surface area contributed by atoms with Crippen molar-refractivity contribution in [2.24, 2.45) is 5.92 Å². The van der Waals surface area contributed by atoms with E-state index in [0.29, 0.717) is 6.54 Å². The summed E-state index contributed by atoms with van der Waals surface area (Å²) >= 11 is 0. The van der Waals surface area contributed by atoms with Crippen LogP contribution in [0.2, 0.25) is 0 Å². The minimum Gasteiger partial charge on any atom is -0.469 e. The SMILES string of the molecule is COC(=O)CCN(C)C(=O)C1CCN(C)C1. The number of carbonyl (C=O) groups is 2. The quantitative estimate of drug-likeness (QED) is 0.634. The van der Waals surface area contributed by atoms with Crippen LogP contribution in [0.25, 0.3) is 0 Å². The molecule has 0 N–H and O–H groups in total. The number of likely N-dealkylation sites (tertiary alicyclic amines) is 1. The van der Waals surface area contributed by atoms with Crippen molar-refractivity contribution in [3.05, 3.63) is 0 Å². The van der Waals surface area contributed by atoms with Gasteiger partial charge < -0.3 is 14.5 Å². The lowest BCUT2D eigenvalue weighted by Crippen LogP contribution is -2.35. The largest absolute Gasteiger partial charge is 0.469 e. The number of carbonyl (C=O) groups excluding carboxylic acids is 2. The van der Waals surface area contributed by atoms with Gasteiger partial charge in [0.1, 0.15) is 0 Å². The van der Waals surface area contributed by atoms with Crippen molar-refractivity contribution in [2.45, 2.75) is 12.8 Å². The third-order valence-electron chi connectivity index (χ3n) is 3.00. The Hall–Kier alpha value is -1.10. The van der Waals surface area contributed by atoms with Crippen molar-refractivity contribution in [3.8, 4) is 0 Å². The molecule has 0 radical (unpaired) electrons. The van der Waals surface area contributed by atoms with Crippen LogP contribution in [0.15, 0.2) is 0 Å². The van der Waals surface area contributed by atoms with Crippen LogP contribution < -0.4 is 0 Å². The molecule has 16 heavy (non-hydrogen) atoms. The summed E-state index contributed by atoms with van der Waals surface area (Å²) < 4.78 is 4.54.